The number of guanidine groups is 1. The fraction of sp³-hybridized carbons (Fsp3) is 0.588. The first-order valence-electron chi connectivity index (χ1n) is 7.87. The van der Waals surface area contributed by atoms with Crippen molar-refractivity contribution in [1.29, 1.82) is 0 Å². The highest BCUT2D eigenvalue weighted by molar-refractivity contribution is 5.79. The number of aliphatic imine (C=N–C) groups is 1. The van der Waals surface area contributed by atoms with Gasteiger partial charge in [0.25, 0.3) is 0 Å². The fourth-order valence-electron chi connectivity index (χ4n) is 1.99. The maximum atomic E-state index is 5.52. The lowest BCUT2D eigenvalue weighted by Gasteiger charge is -2.14. The van der Waals surface area contributed by atoms with Gasteiger partial charge in [0.15, 0.2) is 5.96 Å². The number of hydrogen-bond donors (Lipinski definition) is 2. The van der Waals surface area contributed by atoms with E-state index >= 15 is 0 Å². The molecule has 0 bridgehead atoms. The maximum absolute atomic E-state index is 5.52. The van der Waals surface area contributed by atoms with E-state index in [2.05, 4.69) is 41.6 Å². The van der Waals surface area contributed by atoms with Crippen LogP contribution in [0.5, 0.6) is 5.75 Å². The molecular weight excluding hydrogens is 278 g/mol. The third-order valence-electron chi connectivity index (χ3n) is 3.29. The molecule has 0 saturated carbocycles. The number of rotatable bonds is 9. The first-order chi connectivity index (χ1) is 10.7. The van der Waals surface area contributed by atoms with Gasteiger partial charge in [0.1, 0.15) is 5.75 Å². The number of benzene rings is 1. The molecule has 1 rings (SSSR count). The maximum Gasteiger partial charge on any atom is 0.191 e. The lowest BCUT2D eigenvalue weighted by Crippen LogP contribution is -2.38. The van der Waals surface area contributed by atoms with Crippen LogP contribution in [0.3, 0.4) is 0 Å². The van der Waals surface area contributed by atoms with Gasteiger partial charge in [0.05, 0.1) is 13.7 Å². The molecule has 5 nitrogen and oxygen atoms in total. The molecule has 2 N–H and O–H groups in total. The van der Waals surface area contributed by atoms with Crippen molar-refractivity contribution in [2.45, 2.75) is 33.2 Å². The van der Waals surface area contributed by atoms with Gasteiger partial charge in [0, 0.05) is 32.3 Å². The van der Waals surface area contributed by atoms with Crippen LogP contribution < -0.4 is 15.4 Å². The summed E-state index contributed by atoms with van der Waals surface area (Å²) < 4.78 is 10.9. The lowest BCUT2D eigenvalue weighted by atomic mass is 10.1. The Balaban J connectivity index is 2.35. The molecule has 0 amide bonds. The Morgan fingerprint density at radius 2 is 2.05 bits per heavy atom. The molecule has 0 aromatic heterocycles. The Hall–Kier alpha value is -1.75. The molecule has 0 radical (unpaired) electrons. The highest BCUT2D eigenvalue weighted by Gasteiger charge is 2.04. The Kier molecular flexibility index (Phi) is 9.07. The highest BCUT2D eigenvalue weighted by atomic mass is 16.5. The van der Waals surface area contributed by atoms with Crippen LogP contribution in [0.15, 0.2) is 23.2 Å². The van der Waals surface area contributed by atoms with Crippen LogP contribution >= 0.6 is 0 Å². The van der Waals surface area contributed by atoms with Gasteiger partial charge in [-0.25, -0.2) is 0 Å². The predicted molar refractivity (Wildman–Crippen MR) is 91.7 cm³/mol. The van der Waals surface area contributed by atoms with Crippen molar-refractivity contribution in [3.05, 3.63) is 29.3 Å². The van der Waals surface area contributed by atoms with Gasteiger partial charge in [-0.3, -0.25) is 4.99 Å². The van der Waals surface area contributed by atoms with Gasteiger partial charge in [-0.1, -0.05) is 25.5 Å². The first-order valence-corrected chi connectivity index (χ1v) is 7.87. The van der Waals surface area contributed by atoms with Crippen LogP contribution in [0.25, 0.3) is 0 Å². The molecular formula is C17H29N3O2. The first kappa shape index (κ1) is 18.3. The monoisotopic (exact) mass is 307 g/mol. The normalized spacial score (nSPS) is 11.4. The molecule has 0 spiro atoms. The van der Waals surface area contributed by atoms with Gasteiger partial charge in [-0.15, -0.1) is 0 Å². The van der Waals surface area contributed by atoms with Crippen molar-refractivity contribution < 1.29 is 9.47 Å². The minimum atomic E-state index is 0.666. The summed E-state index contributed by atoms with van der Waals surface area (Å²) in [5.74, 6) is 1.66. The number of nitrogens with zero attached hydrogens (tertiary/aromatic N) is 1. The Morgan fingerprint density at radius 3 is 2.73 bits per heavy atom. The molecule has 0 aliphatic heterocycles. The Morgan fingerprint density at radius 1 is 1.23 bits per heavy atom. The molecule has 124 valence electrons. The van der Waals surface area contributed by atoms with Crippen molar-refractivity contribution in [1.82, 2.24) is 10.6 Å². The summed E-state index contributed by atoms with van der Waals surface area (Å²) in [6.07, 6.45) is 2.27. The van der Waals surface area contributed by atoms with Crippen molar-refractivity contribution in [2.24, 2.45) is 4.99 Å². The second kappa shape index (κ2) is 10.9. The minimum Gasteiger partial charge on any atom is -0.496 e. The molecule has 0 aliphatic rings. The molecule has 0 unspecified atom stereocenters. The SMILES string of the molecule is CCCCOCCNC(=NC)NCc1ccc(C)cc1OC. The van der Waals surface area contributed by atoms with Crippen LogP contribution in [-0.4, -0.2) is 39.9 Å². The summed E-state index contributed by atoms with van der Waals surface area (Å²) in [5.41, 5.74) is 2.29. The van der Waals surface area contributed by atoms with Crippen LogP contribution in [0.4, 0.5) is 0 Å². The molecule has 0 saturated heterocycles. The van der Waals surface area contributed by atoms with Crippen LogP contribution in [0.1, 0.15) is 30.9 Å². The number of methoxy groups -OCH3 is 1. The van der Waals surface area contributed by atoms with E-state index in [1.807, 2.05) is 6.07 Å². The molecule has 5 heteroatoms. The summed E-state index contributed by atoms with van der Waals surface area (Å²) >= 11 is 0. The van der Waals surface area contributed by atoms with Crippen molar-refractivity contribution in [3.63, 3.8) is 0 Å². The third kappa shape index (κ3) is 6.80. The van der Waals surface area contributed by atoms with Gasteiger partial charge >= 0.3 is 0 Å². The average molecular weight is 307 g/mol. The summed E-state index contributed by atoms with van der Waals surface area (Å²) in [4.78, 5) is 4.21. The van der Waals surface area contributed by atoms with Crippen molar-refractivity contribution in [3.8, 4) is 5.75 Å². The molecule has 22 heavy (non-hydrogen) atoms. The topological polar surface area (TPSA) is 54.9 Å². The number of hydrogen-bond acceptors (Lipinski definition) is 3. The summed E-state index contributed by atoms with van der Waals surface area (Å²) in [6, 6.07) is 6.19. The minimum absolute atomic E-state index is 0.666. The molecule has 1 aromatic rings. The van der Waals surface area contributed by atoms with E-state index in [0.29, 0.717) is 13.2 Å². The average Bonchev–Trinajstić information content (AvgIpc) is 2.54. The molecule has 0 atom stereocenters. The second-order valence-electron chi connectivity index (χ2n) is 5.13. The van der Waals surface area contributed by atoms with E-state index in [9.17, 15) is 0 Å². The Labute approximate surface area is 134 Å². The van der Waals surface area contributed by atoms with Gasteiger partial charge in [-0.2, -0.15) is 0 Å². The number of unbranched alkanes of at least 4 members (excludes halogenated alkanes) is 1. The van der Waals surface area contributed by atoms with E-state index in [-0.39, 0.29) is 0 Å². The van der Waals surface area contributed by atoms with Crippen LogP contribution in [0.2, 0.25) is 0 Å². The molecule has 0 fully saturated rings. The van der Waals surface area contributed by atoms with Crippen molar-refractivity contribution in [2.75, 3.05) is 33.9 Å². The van der Waals surface area contributed by atoms with Crippen molar-refractivity contribution >= 4 is 5.96 Å². The van der Waals surface area contributed by atoms with Gasteiger partial charge < -0.3 is 20.1 Å². The standard InChI is InChI=1S/C17H29N3O2/c1-5-6-10-22-11-9-19-17(18-3)20-13-15-8-7-14(2)12-16(15)21-4/h7-8,12H,5-6,9-11,13H2,1-4H3,(H2,18,19,20). The summed E-state index contributed by atoms with van der Waals surface area (Å²) in [6.45, 7) is 7.14. The fourth-order valence-corrected chi connectivity index (χ4v) is 1.99. The molecule has 0 aliphatic carbocycles. The number of ether oxygens (including phenoxy) is 2. The van der Waals surface area contributed by atoms with Crippen LogP contribution in [0, 0.1) is 6.92 Å². The largest absolute Gasteiger partial charge is 0.496 e. The van der Waals surface area contributed by atoms with Crippen LogP contribution in [-0.2, 0) is 11.3 Å². The summed E-state index contributed by atoms with van der Waals surface area (Å²) in [7, 11) is 3.46. The quantitative estimate of drug-likeness (QED) is 0.418. The lowest BCUT2D eigenvalue weighted by molar-refractivity contribution is 0.136. The number of aryl methyl sites for hydroxylation is 1. The zero-order valence-corrected chi connectivity index (χ0v) is 14.2. The van der Waals surface area contributed by atoms with Gasteiger partial charge in [0.2, 0.25) is 0 Å². The zero-order valence-electron chi connectivity index (χ0n) is 14.2. The highest BCUT2D eigenvalue weighted by Crippen LogP contribution is 2.19. The summed E-state index contributed by atoms with van der Waals surface area (Å²) in [5, 5.41) is 6.52. The Bertz CT molecular complexity index is 461. The van der Waals surface area contributed by atoms with E-state index < -0.39 is 0 Å². The smallest absolute Gasteiger partial charge is 0.191 e. The van der Waals surface area contributed by atoms with Gasteiger partial charge in [-0.05, 0) is 25.0 Å². The van der Waals surface area contributed by atoms with E-state index in [0.717, 1.165) is 43.3 Å². The molecule has 0 heterocycles. The number of nitrogens with one attached hydrogen (secondary N) is 2. The third-order valence-corrected chi connectivity index (χ3v) is 3.29. The van der Waals surface area contributed by atoms with E-state index in [1.165, 1.54) is 5.56 Å². The van der Waals surface area contributed by atoms with E-state index in [1.54, 1.807) is 14.2 Å². The second-order valence-corrected chi connectivity index (χ2v) is 5.13. The van der Waals surface area contributed by atoms with E-state index in [4.69, 9.17) is 9.47 Å². The predicted octanol–water partition coefficient (Wildman–Crippen LogP) is 2.49. The zero-order chi connectivity index (χ0) is 16.2. The molecule has 1 aromatic carbocycles.